The van der Waals surface area contributed by atoms with Crippen LogP contribution in [0.5, 0.6) is 0 Å². The third kappa shape index (κ3) is 2.72. The van der Waals surface area contributed by atoms with Gasteiger partial charge in [0.15, 0.2) is 0 Å². The van der Waals surface area contributed by atoms with Gasteiger partial charge in [0.05, 0.1) is 23.1 Å². The Balaban J connectivity index is 1.69. The zero-order valence-corrected chi connectivity index (χ0v) is 13.4. The third-order valence-corrected chi connectivity index (χ3v) is 4.72. The Morgan fingerprint density at radius 1 is 1.48 bits per heavy atom. The summed E-state index contributed by atoms with van der Waals surface area (Å²) < 4.78 is 14.4. The molecule has 118 valence electrons. The minimum absolute atomic E-state index is 0.0763. The smallest absolute Gasteiger partial charge is 0.257 e. The predicted molar refractivity (Wildman–Crippen MR) is 85.8 cm³/mol. The van der Waals surface area contributed by atoms with E-state index in [9.17, 15) is 9.18 Å². The molecule has 0 radical (unpaired) electrons. The average molecular weight is 330 g/mol. The zero-order valence-electron chi connectivity index (χ0n) is 12.5. The molecular formula is C16H15FN4OS. The van der Waals surface area contributed by atoms with E-state index in [2.05, 4.69) is 15.0 Å². The standard InChI is InChI=1S/C16H15FN4OS/c1-9-19-13-6-11(12(17)7-14(13)20-9)16(22)21(10-2-3-10)8-15-18-4-5-23-15/h4-7,10H,2-3,8H2,1H3,(H,19,20). The van der Waals surface area contributed by atoms with Gasteiger partial charge in [-0.1, -0.05) is 0 Å². The van der Waals surface area contributed by atoms with Crippen molar-refractivity contribution < 1.29 is 9.18 Å². The van der Waals surface area contributed by atoms with Gasteiger partial charge in [-0.05, 0) is 25.8 Å². The molecule has 0 saturated heterocycles. The maximum Gasteiger partial charge on any atom is 0.257 e. The van der Waals surface area contributed by atoms with Crippen molar-refractivity contribution in [1.29, 1.82) is 0 Å². The number of imidazole rings is 1. The van der Waals surface area contributed by atoms with Crippen molar-refractivity contribution in [3.63, 3.8) is 0 Å². The number of H-pyrrole nitrogens is 1. The van der Waals surface area contributed by atoms with Crippen LogP contribution in [0.2, 0.25) is 0 Å². The van der Waals surface area contributed by atoms with Crippen molar-refractivity contribution in [2.24, 2.45) is 0 Å². The number of nitrogens with zero attached hydrogens (tertiary/aromatic N) is 3. The van der Waals surface area contributed by atoms with E-state index in [-0.39, 0.29) is 17.5 Å². The zero-order chi connectivity index (χ0) is 16.0. The van der Waals surface area contributed by atoms with Gasteiger partial charge in [0.1, 0.15) is 16.6 Å². The fourth-order valence-corrected chi connectivity index (χ4v) is 3.32. The molecule has 2 heterocycles. The van der Waals surface area contributed by atoms with E-state index in [0.29, 0.717) is 23.4 Å². The number of hydrogen-bond donors (Lipinski definition) is 1. The van der Waals surface area contributed by atoms with Gasteiger partial charge in [-0.15, -0.1) is 11.3 Å². The summed E-state index contributed by atoms with van der Waals surface area (Å²) in [6.45, 7) is 2.23. The lowest BCUT2D eigenvalue weighted by atomic mass is 10.1. The summed E-state index contributed by atoms with van der Waals surface area (Å²) in [6.07, 6.45) is 3.64. The number of nitrogens with one attached hydrogen (secondary N) is 1. The van der Waals surface area contributed by atoms with E-state index < -0.39 is 5.82 Å². The SMILES string of the molecule is Cc1nc2cc(C(=O)N(Cc3nccs3)C3CC3)c(F)cc2[nH]1. The predicted octanol–water partition coefficient (Wildman–Crippen LogP) is 3.27. The summed E-state index contributed by atoms with van der Waals surface area (Å²) in [6, 6.07) is 3.06. The minimum Gasteiger partial charge on any atom is -0.342 e. The van der Waals surface area contributed by atoms with Gasteiger partial charge in [0, 0.05) is 23.7 Å². The first-order chi connectivity index (χ1) is 11.1. The highest BCUT2D eigenvalue weighted by Gasteiger charge is 2.34. The summed E-state index contributed by atoms with van der Waals surface area (Å²) in [5.74, 6) is -0.107. The monoisotopic (exact) mass is 330 g/mol. The molecule has 0 atom stereocenters. The molecule has 1 fully saturated rings. The van der Waals surface area contributed by atoms with Crippen LogP contribution in [0.15, 0.2) is 23.7 Å². The lowest BCUT2D eigenvalue weighted by Crippen LogP contribution is -2.33. The number of hydrogen-bond acceptors (Lipinski definition) is 4. The van der Waals surface area contributed by atoms with E-state index in [0.717, 1.165) is 17.8 Å². The normalized spacial score (nSPS) is 14.3. The molecule has 0 aliphatic heterocycles. The molecule has 5 nitrogen and oxygen atoms in total. The van der Waals surface area contributed by atoms with Crippen LogP contribution < -0.4 is 0 Å². The van der Waals surface area contributed by atoms with Gasteiger partial charge in [-0.3, -0.25) is 4.79 Å². The Morgan fingerprint density at radius 3 is 3.00 bits per heavy atom. The number of thiazole rings is 1. The van der Waals surface area contributed by atoms with Crippen molar-refractivity contribution in [2.45, 2.75) is 32.4 Å². The van der Waals surface area contributed by atoms with Gasteiger partial charge in [0.2, 0.25) is 0 Å². The van der Waals surface area contributed by atoms with Crippen LogP contribution in [0.3, 0.4) is 0 Å². The topological polar surface area (TPSA) is 61.9 Å². The summed E-state index contributed by atoms with van der Waals surface area (Å²) in [7, 11) is 0. The van der Waals surface area contributed by atoms with E-state index in [1.165, 1.54) is 23.5 Å². The fourth-order valence-electron chi connectivity index (χ4n) is 2.71. The second-order valence-corrected chi connectivity index (χ2v) is 6.74. The number of aromatic amines is 1. The molecule has 23 heavy (non-hydrogen) atoms. The quantitative estimate of drug-likeness (QED) is 0.798. The number of benzene rings is 1. The number of carbonyl (C=O) groups is 1. The van der Waals surface area contributed by atoms with Crippen LogP contribution in [0, 0.1) is 12.7 Å². The first kappa shape index (κ1) is 14.3. The Bertz CT molecular complexity index is 870. The first-order valence-electron chi connectivity index (χ1n) is 7.47. The van der Waals surface area contributed by atoms with Crippen molar-refractivity contribution in [1.82, 2.24) is 19.9 Å². The molecule has 1 amide bonds. The summed E-state index contributed by atoms with van der Waals surface area (Å²) in [4.78, 5) is 26.1. The van der Waals surface area contributed by atoms with Crippen LogP contribution in [-0.2, 0) is 6.54 Å². The van der Waals surface area contributed by atoms with Crippen LogP contribution in [-0.4, -0.2) is 31.8 Å². The number of fused-ring (bicyclic) bond motifs is 1. The molecular weight excluding hydrogens is 315 g/mol. The van der Waals surface area contributed by atoms with Crippen LogP contribution >= 0.6 is 11.3 Å². The van der Waals surface area contributed by atoms with Gasteiger partial charge in [-0.25, -0.2) is 14.4 Å². The highest BCUT2D eigenvalue weighted by atomic mass is 32.1. The van der Waals surface area contributed by atoms with Crippen molar-refractivity contribution in [3.8, 4) is 0 Å². The van der Waals surface area contributed by atoms with Gasteiger partial charge >= 0.3 is 0 Å². The highest BCUT2D eigenvalue weighted by Crippen LogP contribution is 2.31. The number of aryl methyl sites for hydroxylation is 1. The van der Waals surface area contributed by atoms with Crippen LogP contribution in [0.25, 0.3) is 11.0 Å². The van der Waals surface area contributed by atoms with Crippen LogP contribution in [0.1, 0.15) is 34.0 Å². The molecule has 1 aliphatic rings. The van der Waals surface area contributed by atoms with Gasteiger partial charge < -0.3 is 9.88 Å². The molecule has 1 aromatic carbocycles. The van der Waals surface area contributed by atoms with E-state index in [1.54, 1.807) is 18.0 Å². The maximum absolute atomic E-state index is 14.4. The number of halogens is 1. The van der Waals surface area contributed by atoms with Crippen molar-refractivity contribution in [2.75, 3.05) is 0 Å². The largest absolute Gasteiger partial charge is 0.342 e. The minimum atomic E-state index is -0.518. The molecule has 1 saturated carbocycles. The molecule has 1 N–H and O–H groups in total. The van der Waals surface area contributed by atoms with Crippen LogP contribution in [0.4, 0.5) is 4.39 Å². The van der Waals surface area contributed by atoms with Gasteiger partial charge in [0.25, 0.3) is 5.91 Å². The molecule has 0 unspecified atom stereocenters. The number of rotatable bonds is 4. The van der Waals surface area contributed by atoms with Crippen molar-refractivity contribution in [3.05, 3.63) is 45.9 Å². The average Bonchev–Trinajstić information content (AvgIpc) is 3.10. The third-order valence-electron chi connectivity index (χ3n) is 3.96. The Morgan fingerprint density at radius 2 is 2.30 bits per heavy atom. The summed E-state index contributed by atoms with van der Waals surface area (Å²) in [5.41, 5.74) is 1.29. The van der Waals surface area contributed by atoms with E-state index >= 15 is 0 Å². The van der Waals surface area contributed by atoms with E-state index in [1.807, 2.05) is 5.38 Å². The Labute approximate surface area is 136 Å². The molecule has 2 aromatic heterocycles. The first-order valence-corrected chi connectivity index (χ1v) is 8.35. The number of carbonyl (C=O) groups excluding carboxylic acids is 1. The lowest BCUT2D eigenvalue weighted by molar-refractivity contribution is 0.0725. The lowest BCUT2D eigenvalue weighted by Gasteiger charge is -2.21. The maximum atomic E-state index is 14.4. The number of aromatic nitrogens is 3. The molecule has 3 aromatic rings. The Kier molecular flexibility index (Phi) is 3.37. The van der Waals surface area contributed by atoms with Crippen molar-refractivity contribution >= 4 is 28.3 Å². The summed E-state index contributed by atoms with van der Waals surface area (Å²) >= 11 is 1.50. The molecule has 0 spiro atoms. The molecule has 0 bridgehead atoms. The molecule has 4 rings (SSSR count). The second kappa shape index (κ2) is 5.42. The van der Waals surface area contributed by atoms with Gasteiger partial charge in [-0.2, -0.15) is 0 Å². The summed E-state index contributed by atoms with van der Waals surface area (Å²) in [5, 5.41) is 2.74. The Hall–Kier alpha value is -2.28. The molecule has 1 aliphatic carbocycles. The number of amides is 1. The highest BCUT2D eigenvalue weighted by molar-refractivity contribution is 7.09. The molecule has 7 heteroatoms. The van der Waals surface area contributed by atoms with E-state index in [4.69, 9.17) is 0 Å². The second-order valence-electron chi connectivity index (χ2n) is 5.76. The fraction of sp³-hybridized carbons (Fsp3) is 0.312.